The summed E-state index contributed by atoms with van der Waals surface area (Å²) >= 11 is 0. The summed E-state index contributed by atoms with van der Waals surface area (Å²) in [6.07, 6.45) is 3.38. The minimum Gasteiger partial charge on any atom is -0.372 e. The number of amides is 1. The minimum absolute atomic E-state index is 0.142. The SMILES string of the molecule is Cc1ccc(C(=O)NCc2cc3nc(-c4cccc(N5C[C@@H](C)O[C@@H](C)C5)n4)ccc3cn2)cc1S(C)(=N)=O. The number of pyridine rings is 3. The fourth-order valence-electron chi connectivity index (χ4n) is 4.84. The van der Waals surface area contributed by atoms with Crippen molar-refractivity contribution in [2.45, 2.75) is 44.4 Å². The highest BCUT2D eigenvalue weighted by molar-refractivity contribution is 7.91. The average molecular weight is 545 g/mol. The Balaban J connectivity index is 1.34. The third-order valence-corrected chi connectivity index (χ3v) is 7.95. The largest absolute Gasteiger partial charge is 0.372 e. The second kappa shape index (κ2) is 10.7. The van der Waals surface area contributed by atoms with Crippen LogP contribution in [0.5, 0.6) is 0 Å². The first kappa shape index (κ1) is 26.7. The fourth-order valence-corrected chi connectivity index (χ4v) is 5.87. The molecule has 5 rings (SSSR count). The van der Waals surface area contributed by atoms with Gasteiger partial charge in [0.2, 0.25) is 0 Å². The summed E-state index contributed by atoms with van der Waals surface area (Å²) in [5.74, 6) is 0.578. The minimum atomic E-state index is -2.94. The zero-order chi connectivity index (χ0) is 27.7. The molecule has 202 valence electrons. The Labute approximate surface area is 228 Å². The predicted octanol–water partition coefficient (Wildman–Crippen LogP) is 4.58. The summed E-state index contributed by atoms with van der Waals surface area (Å²) in [5, 5.41) is 3.75. The number of carbonyl (C=O) groups excluding carboxylic acids is 1. The van der Waals surface area contributed by atoms with E-state index in [4.69, 9.17) is 19.5 Å². The van der Waals surface area contributed by atoms with E-state index in [9.17, 15) is 9.00 Å². The molecule has 4 aromatic rings. The molecule has 10 heteroatoms. The number of anilines is 1. The molecular formula is C29H32N6O3S. The molecule has 1 saturated heterocycles. The molecule has 1 aromatic carbocycles. The zero-order valence-electron chi connectivity index (χ0n) is 22.5. The third-order valence-electron chi connectivity index (χ3n) is 6.67. The molecule has 9 nitrogen and oxygen atoms in total. The molecule has 1 amide bonds. The Morgan fingerprint density at radius 3 is 2.56 bits per heavy atom. The molecule has 4 heterocycles. The van der Waals surface area contributed by atoms with Crippen molar-refractivity contribution in [1.82, 2.24) is 20.3 Å². The van der Waals surface area contributed by atoms with Crippen LogP contribution in [-0.2, 0) is 21.0 Å². The number of hydrogen-bond donors (Lipinski definition) is 2. The molecule has 0 bridgehead atoms. The molecule has 1 aliphatic heterocycles. The van der Waals surface area contributed by atoms with E-state index in [2.05, 4.69) is 29.0 Å². The zero-order valence-corrected chi connectivity index (χ0v) is 23.3. The number of hydrogen-bond acceptors (Lipinski definition) is 8. The van der Waals surface area contributed by atoms with Gasteiger partial charge in [-0.3, -0.25) is 9.78 Å². The number of aromatic nitrogens is 3. The van der Waals surface area contributed by atoms with Gasteiger partial charge in [-0.05, 0) is 68.8 Å². The van der Waals surface area contributed by atoms with Crippen molar-refractivity contribution in [3.63, 3.8) is 0 Å². The summed E-state index contributed by atoms with van der Waals surface area (Å²) in [6.45, 7) is 7.71. The summed E-state index contributed by atoms with van der Waals surface area (Å²) in [6, 6.07) is 16.6. The normalized spacial score (nSPS) is 19.0. The Bertz CT molecular complexity index is 1650. The number of nitrogens with one attached hydrogen (secondary N) is 2. The van der Waals surface area contributed by atoms with E-state index in [0.29, 0.717) is 16.2 Å². The van der Waals surface area contributed by atoms with Crippen molar-refractivity contribution >= 4 is 32.4 Å². The van der Waals surface area contributed by atoms with Crippen LogP contribution in [0.3, 0.4) is 0 Å². The first-order chi connectivity index (χ1) is 18.6. The van der Waals surface area contributed by atoms with E-state index in [1.165, 1.54) is 12.3 Å². The second-order valence-electron chi connectivity index (χ2n) is 10.1. The van der Waals surface area contributed by atoms with Crippen molar-refractivity contribution in [2.24, 2.45) is 0 Å². The van der Waals surface area contributed by atoms with Crippen LogP contribution >= 0.6 is 0 Å². The molecule has 3 atom stereocenters. The molecule has 1 unspecified atom stereocenters. The Hall–Kier alpha value is -3.89. The van der Waals surface area contributed by atoms with Crippen LogP contribution < -0.4 is 10.2 Å². The highest BCUT2D eigenvalue weighted by Gasteiger charge is 2.23. The van der Waals surface area contributed by atoms with Gasteiger partial charge in [-0.25, -0.2) is 19.0 Å². The fraction of sp³-hybridized carbons (Fsp3) is 0.310. The van der Waals surface area contributed by atoms with Gasteiger partial charge in [-0.2, -0.15) is 0 Å². The van der Waals surface area contributed by atoms with Gasteiger partial charge in [0.25, 0.3) is 5.91 Å². The molecule has 0 saturated carbocycles. The summed E-state index contributed by atoms with van der Waals surface area (Å²) in [7, 11) is -2.94. The maximum Gasteiger partial charge on any atom is 0.251 e. The molecule has 3 aromatic heterocycles. The number of aryl methyl sites for hydroxylation is 1. The lowest BCUT2D eigenvalue weighted by Gasteiger charge is -2.36. The maximum atomic E-state index is 12.8. The summed E-state index contributed by atoms with van der Waals surface area (Å²) < 4.78 is 26.0. The van der Waals surface area contributed by atoms with Crippen LogP contribution in [0.1, 0.15) is 35.5 Å². The van der Waals surface area contributed by atoms with E-state index in [-0.39, 0.29) is 24.7 Å². The number of ether oxygens (including phenoxy) is 1. The van der Waals surface area contributed by atoms with Gasteiger partial charge >= 0.3 is 0 Å². The van der Waals surface area contributed by atoms with Gasteiger partial charge in [-0.1, -0.05) is 12.1 Å². The topological polar surface area (TPSA) is 121 Å². The van der Waals surface area contributed by atoms with Gasteiger partial charge in [0, 0.05) is 36.5 Å². The predicted molar refractivity (Wildman–Crippen MR) is 152 cm³/mol. The number of benzene rings is 1. The lowest BCUT2D eigenvalue weighted by molar-refractivity contribution is -0.00545. The van der Waals surface area contributed by atoms with E-state index < -0.39 is 9.73 Å². The molecule has 1 fully saturated rings. The monoisotopic (exact) mass is 544 g/mol. The van der Waals surface area contributed by atoms with Crippen LogP contribution in [0.4, 0.5) is 5.82 Å². The van der Waals surface area contributed by atoms with Crippen LogP contribution in [-0.4, -0.2) is 56.6 Å². The molecule has 0 radical (unpaired) electrons. The average Bonchev–Trinajstić information content (AvgIpc) is 2.90. The standard InChI is InChI=1S/C29H32N6O3S/c1-18-8-9-21(12-27(18)39(4,30)37)29(36)32-15-23-13-26-22(14-31-23)10-11-25(33-26)24-6-5-7-28(34-24)35-16-19(2)38-20(3)17-35/h5-14,19-20,30H,15-17H2,1-4H3,(H,32,36)/t19-,20+,39?. The van der Waals surface area contributed by atoms with Crippen molar-refractivity contribution in [3.8, 4) is 11.4 Å². The Kier molecular flexibility index (Phi) is 7.33. The molecular weight excluding hydrogens is 512 g/mol. The first-order valence-electron chi connectivity index (χ1n) is 12.8. The van der Waals surface area contributed by atoms with Crippen molar-refractivity contribution < 1.29 is 13.7 Å². The smallest absolute Gasteiger partial charge is 0.251 e. The number of fused-ring (bicyclic) bond motifs is 1. The van der Waals surface area contributed by atoms with Crippen LogP contribution in [0.15, 0.2) is 65.7 Å². The van der Waals surface area contributed by atoms with E-state index >= 15 is 0 Å². The number of rotatable bonds is 6. The lowest BCUT2D eigenvalue weighted by Crippen LogP contribution is -2.45. The lowest BCUT2D eigenvalue weighted by atomic mass is 10.1. The van der Waals surface area contributed by atoms with Crippen molar-refractivity contribution in [1.29, 1.82) is 4.78 Å². The van der Waals surface area contributed by atoms with E-state index in [0.717, 1.165) is 46.8 Å². The van der Waals surface area contributed by atoms with Gasteiger partial charge < -0.3 is 15.0 Å². The van der Waals surface area contributed by atoms with Gasteiger partial charge in [0.15, 0.2) is 0 Å². The molecule has 0 aliphatic carbocycles. The van der Waals surface area contributed by atoms with Gasteiger partial charge in [-0.15, -0.1) is 0 Å². The van der Waals surface area contributed by atoms with Gasteiger partial charge in [0.1, 0.15) is 5.82 Å². The number of nitrogens with zero attached hydrogens (tertiary/aromatic N) is 4. The van der Waals surface area contributed by atoms with E-state index in [1.807, 2.05) is 36.4 Å². The van der Waals surface area contributed by atoms with Crippen LogP contribution in [0.25, 0.3) is 22.3 Å². The maximum absolute atomic E-state index is 12.8. The third kappa shape index (κ3) is 6.07. The van der Waals surface area contributed by atoms with Crippen molar-refractivity contribution in [3.05, 3.63) is 77.6 Å². The molecule has 0 spiro atoms. The van der Waals surface area contributed by atoms with Crippen LogP contribution in [0, 0.1) is 11.7 Å². The molecule has 2 N–H and O–H groups in total. The highest BCUT2D eigenvalue weighted by Crippen LogP contribution is 2.24. The van der Waals surface area contributed by atoms with Crippen molar-refractivity contribution in [2.75, 3.05) is 24.2 Å². The first-order valence-corrected chi connectivity index (χ1v) is 14.8. The summed E-state index contributed by atoms with van der Waals surface area (Å²) in [4.78, 5) is 29.6. The second-order valence-corrected chi connectivity index (χ2v) is 12.2. The Morgan fingerprint density at radius 2 is 1.82 bits per heavy atom. The highest BCUT2D eigenvalue weighted by atomic mass is 32.2. The Morgan fingerprint density at radius 1 is 1.08 bits per heavy atom. The van der Waals surface area contributed by atoms with E-state index in [1.54, 1.807) is 25.3 Å². The molecule has 39 heavy (non-hydrogen) atoms. The number of morpholine rings is 1. The quantitative estimate of drug-likeness (QED) is 0.364. The van der Waals surface area contributed by atoms with Crippen LogP contribution in [0.2, 0.25) is 0 Å². The number of carbonyl (C=O) groups is 1. The molecule has 1 aliphatic rings. The summed E-state index contributed by atoms with van der Waals surface area (Å²) in [5.41, 5.74) is 4.03. The van der Waals surface area contributed by atoms with Gasteiger partial charge in [0.05, 0.1) is 56.0 Å².